The van der Waals surface area contributed by atoms with Gasteiger partial charge in [0.25, 0.3) is 0 Å². The van der Waals surface area contributed by atoms with Crippen molar-refractivity contribution < 1.29 is 14.3 Å². The quantitative estimate of drug-likeness (QED) is 0.841. The highest BCUT2D eigenvalue weighted by Crippen LogP contribution is 2.30. The molecule has 1 amide bonds. The maximum absolute atomic E-state index is 12.8. The Kier molecular flexibility index (Phi) is 3.78. The minimum Gasteiger partial charge on any atom is -0.493 e. The normalized spacial score (nSPS) is 27.0. The molecule has 2 fully saturated rings. The number of hydrogen-bond acceptors (Lipinski definition) is 3. The Morgan fingerprint density at radius 3 is 3.09 bits per heavy atom. The van der Waals surface area contributed by atoms with Gasteiger partial charge in [0.2, 0.25) is 5.91 Å². The lowest BCUT2D eigenvalue weighted by molar-refractivity contribution is -0.148. The van der Waals surface area contributed by atoms with Crippen molar-refractivity contribution in [1.29, 1.82) is 0 Å². The van der Waals surface area contributed by atoms with Gasteiger partial charge in [-0.05, 0) is 30.0 Å². The summed E-state index contributed by atoms with van der Waals surface area (Å²) in [5.74, 6) is 1.23. The van der Waals surface area contributed by atoms with E-state index in [1.54, 1.807) is 0 Å². The number of ether oxygens (including phenoxy) is 2. The van der Waals surface area contributed by atoms with Crippen molar-refractivity contribution in [3.8, 4) is 5.75 Å². The summed E-state index contributed by atoms with van der Waals surface area (Å²) in [6.07, 6.45) is 6.35. The number of nitrogens with zero attached hydrogens (tertiary/aromatic N) is 1. The van der Waals surface area contributed by atoms with Gasteiger partial charge in [-0.3, -0.25) is 4.79 Å². The van der Waals surface area contributed by atoms with Crippen molar-refractivity contribution in [3.63, 3.8) is 0 Å². The lowest BCUT2D eigenvalue weighted by Gasteiger charge is -2.43. The van der Waals surface area contributed by atoms with Gasteiger partial charge in [-0.25, -0.2) is 0 Å². The van der Waals surface area contributed by atoms with Crippen LogP contribution in [0.25, 0.3) is 0 Å². The second kappa shape index (κ2) is 5.92. The molecule has 0 unspecified atom stereocenters. The van der Waals surface area contributed by atoms with Gasteiger partial charge in [0, 0.05) is 13.0 Å². The third-order valence-electron chi connectivity index (χ3n) is 5.16. The molecular formula is C18H23NO3. The Balaban J connectivity index is 1.47. The first kappa shape index (κ1) is 14.1. The number of amides is 1. The molecule has 1 aromatic rings. The number of benzene rings is 1. The Bertz CT molecular complexity index is 569. The van der Waals surface area contributed by atoms with Crippen molar-refractivity contribution in [2.24, 2.45) is 0 Å². The molecule has 1 saturated carbocycles. The van der Waals surface area contributed by atoms with Crippen LogP contribution in [0.3, 0.4) is 0 Å². The standard InChI is InChI=1S/C18H23NO3/c20-18(12-13-5-6-16-14(11-13)7-9-21-16)19-8-10-22-17-4-2-1-3-15(17)19/h5-6,11,15,17H,1-4,7-10,12H2/t15-,17-/m0/s1. The molecule has 2 aliphatic heterocycles. The molecule has 118 valence electrons. The Labute approximate surface area is 131 Å². The molecule has 0 radical (unpaired) electrons. The van der Waals surface area contributed by atoms with Gasteiger partial charge >= 0.3 is 0 Å². The lowest BCUT2D eigenvalue weighted by Crippen LogP contribution is -2.55. The lowest BCUT2D eigenvalue weighted by atomic mass is 9.89. The van der Waals surface area contributed by atoms with Crippen LogP contribution in [0.15, 0.2) is 18.2 Å². The fourth-order valence-electron chi connectivity index (χ4n) is 4.03. The molecule has 0 spiro atoms. The molecule has 22 heavy (non-hydrogen) atoms. The van der Waals surface area contributed by atoms with Crippen LogP contribution in [-0.2, 0) is 22.4 Å². The van der Waals surface area contributed by atoms with E-state index in [1.807, 2.05) is 12.1 Å². The minimum atomic E-state index is 0.249. The van der Waals surface area contributed by atoms with Crippen LogP contribution >= 0.6 is 0 Å². The monoisotopic (exact) mass is 301 g/mol. The molecule has 1 saturated heterocycles. The SMILES string of the molecule is O=C(Cc1ccc2c(c1)CCO2)N1CCO[C@H]2CCCC[C@@H]21. The fourth-order valence-corrected chi connectivity index (χ4v) is 4.03. The van der Waals surface area contributed by atoms with Crippen LogP contribution in [-0.4, -0.2) is 42.7 Å². The van der Waals surface area contributed by atoms with E-state index >= 15 is 0 Å². The van der Waals surface area contributed by atoms with E-state index in [0.29, 0.717) is 19.1 Å². The van der Waals surface area contributed by atoms with E-state index in [4.69, 9.17) is 9.47 Å². The molecule has 3 aliphatic rings. The predicted molar refractivity (Wildman–Crippen MR) is 83.1 cm³/mol. The topological polar surface area (TPSA) is 38.8 Å². The Morgan fingerprint density at radius 2 is 2.14 bits per heavy atom. The fraction of sp³-hybridized carbons (Fsp3) is 0.611. The molecule has 1 aliphatic carbocycles. The Hall–Kier alpha value is -1.55. The van der Waals surface area contributed by atoms with Gasteiger partial charge in [-0.2, -0.15) is 0 Å². The number of fused-ring (bicyclic) bond motifs is 2. The largest absolute Gasteiger partial charge is 0.493 e. The van der Waals surface area contributed by atoms with Gasteiger partial charge in [0.1, 0.15) is 5.75 Å². The van der Waals surface area contributed by atoms with E-state index < -0.39 is 0 Å². The van der Waals surface area contributed by atoms with E-state index in [-0.39, 0.29) is 12.0 Å². The number of hydrogen-bond donors (Lipinski definition) is 0. The average molecular weight is 301 g/mol. The summed E-state index contributed by atoms with van der Waals surface area (Å²) in [7, 11) is 0. The molecule has 0 bridgehead atoms. The van der Waals surface area contributed by atoms with Crippen LogP contribution in [0.4, 0.5) is 0 Å². The van der Waals surface area contributed by atoms with Crippen LogP contribution < -0.4 is 4.74 Å². The molecule has 2 atom stereocenters. The highest BCUT2D eigenvalue weighted by Gasteiger charge is 2.36. The zero-order chi connectivity index (χ0) is 14.9. The third-order valence-corrected chi connectivity index (χ3v) is 5.16. The summed E-state index contributed by atoms with van der Waals surface area (Å²) < 4.78 is 11.4. The van der Waals surface area contributed by atoms with E-state index in [1.165, 1.54) is 18.4 Å². The third kappa shape index (κ3) is 2.60. The second-order valence-electron chi connectivity index (χ2n) is 6.57. The number of carbonyl (C=O) groups is 1. The summed E-state index contributed by atoms with van der Waals surface area (Å²) in [4.78, 5) is 14.8. The number of carbonyl (C=O) groups excluding carboxylic acids is 1. The minimum absolute atomic E-state index is 0.249. The molecule has 0 N–H and O–H groups in total. The molecule has 2 heterocycles. The zero-order valence-electron chi connectivity index (χ0n) is 12.9. The van der Waals surface area contributed by atoms with Gasteiger partial charge in [0.15, 0.2) is 0 Å². The first-order chi connectivity index (χ1) is 10.8. The van der Waals surface area contributed by atoms with Crippen LogP contribution in [0.1, 0.15) is 36.8 Å². The molecule has 0 aromatic heterocycles. The van der Waals surface area contributed by atoms with Crippen LogP contribution in [0, 0.1) is 0 Å². The molecular weight excluding hydrogens is 278 g/mol. The van der Waals surface area contributed by atoms with Crippen molar-refractivity contribution in [2.75, 3.05) is 19.8 Å². The van der Waals surface area contributed by atoms with Gasteiger partial charge in [-0.15, -0.1) is 0 Å². The summed E-state index contributed by atoms with van der Waals surface area (Å²) in [5, 5.41) is 0. The number of rotatable bonds is 2. The molecule has 4 nitrogen and oxygen atoms in total. The Morgan fingerprint density at radius 1 is 1.23 bits per heavy atom. The predicted octanol–water partition coefficient (Wildman–Crippen LogP) is 2.33. The first-order valence-corrected chi connectivity index (χ1v) is 8.47. The average Bonchev–Trinajstić information content (AvgIpc) is 3.02. The van der Waals surface area contributed by atoms with Gasteiger partial charge in [0.05, 0.1) is 31.8 Å². The summed E-state index contributed by atoms with van der Waals surface area (Å²) in [6, 6.07) is 6.47. The van der Waals surface area contributed by atoms with E-state index in [0.717, 1.165) is 43.7 Å². The van der Waals surface area contributed by atoms with Crippen LogP contribution in [0.5, 0.6) is 5.75 Å². The number of morpholine rings is 1. The highest BCUT2D eigenvalue weighted by atomic mass is 16.5. The van der Waals surface area contributed by atoms with E-state index in [9.17, 15) is 4.79 Å². The maximum atomic E-state index is 12.8. The summed E-state index contributed by atoms with van der Waals surface area (Å²) >= 11 is 0. The van der Waals surface area contributed by atoms with Crippen molar-refractivity contribution in [3.05, 3.63) is 29.3 Å². The van der Waals surface area contributed by atoms with Crippen molar-refractivity contribution in [1.82, 2.24) is 4.90 Å². The van der Waals surface area contributed by atoms with Gasteiger partial charge in [-0.1, -0.05) is 25.0 Å². The van der Waals surface area contributed by atoms with Crippen molar-refractivity contribution in [2.45, 2.75) is 50.7 Å². The first-order valence-electron chi connectivity index (χ1n) is 8.47. The molecule has 1 aromatic carbocycles. The van der Waals surface area contributed by atoms with Gasteiger partial charge < -0.3 is 14.4 Å². The second-order valence-corrected chi connectivity index (χ2v) is 6.57. The summed E-state index contributed by atoms with van der Waals surface area (Å²) in [6.45, 7) is 2.19. The van der Waals surface area contributed by atoms with E-state index in [2.05, 4.69) is 11.0 Å². The zero-order valence-corrected chi connectivity index (χ0v) is 12.9. The maximum Gasteiger partial charge on any atom is 0.227 e. The highest BCUT2D eigenvalue weighted by molar-refractivity contribution is 5.79. The molecule has 4 rings (SSSR count). The summed E-state index contributed by atoms with van der Waals surface area (Å²) in [5.41, 5.74) is 2.34. The molecule has 4 heteroatoms. The van der Waals surface area contributed by atoms with Crippen LogP contribution in [0.2, 0.25) is 0 Å². The van der Waals surface area contributed by atoms with Crippen molar-refractivity contribution >= 4 is 5.91 Å². The smallest absolute Gasteiger partial charge is 0.227 e.